The minimum Gasteiger partial charge on any atom is -0.295 e. The Labute approximate surface area is 69.5 Å². The van der Waals surface area contributed by atoms with Crippen molar-refractivity contribution in [2.24, 2.45) is 0 Å². The van der Waals surface area contributed by atoms with Gasteiger partial charge in [-0.3, -0.25) is 4.79 Å². The predicted molar refractivity (Wildman–Crippen MR) is 48.3 cm³/mol. The van der Waals surface area contributed by atoms with Gasteiger partial charge in [0.15, 0.2) is 5.78 Å². The molecule has 0 fully saturated rings. The van der Waals surface area contributed by atoms with Gasteiger partial charge in [-0.25, -0.2) is 0 Å². The third kappa shape index (κ3) is 7.31. The zero-order chi connectivity index (χ0) is 8.53. The number of ketones is 1. The molecule has 0 atom stereocenters. The topological polar surface area (TPSA) is 17.1 Å². The number of carbonyl (C=O) groups is 1. The second-order valence-corrected chi connectivity index (χ2v) is 2.61. The number of carbonyl (C=O) groups excluding carboxylic acids is 1. The van der Waals surface area contributed by atoms with Crippen LogP contribution >= 0.6 is 0 Å². The van der Waals surface area contributed by atoms with Crippen LogP contribution in [0.3, 0.4) is 0 Å². The predicted octanol–water partition coefficient (Wildman–Crippen LogP) is 2.92. The first-order valence-corrected chi connectivity index (χ1v) is 4.30. The number of unbranched alkanes of at least 4 members (excludes halogenated alkanes) is 3. The van der Waals surface area contributed by atoms with Crippen LogP contribution in [-0.2, 0) is 4.79 Å². The van der Waals surface area contributed by atoms with Crippen molar-refractivity contribution in [2.75, 3.05) is 0 Å². The van der Waals surface area contributed by atoms with Gasteiger partial charge in [-0.15, -0.1) is 0 Å². The van der Waals surface area contributed by atoms with Crippen molar-refractivity contribution in [3.63, 3.8) is 0 Å². The van der Waals surface area contributed by atoms with Crippen LogP contribution in [0.5, 0.6) is 0 Å². The maximum Gasteiger partial charge on any atom is 0.155 e. The molecule has 0 saturated carbocycles. The van der Waals surface area contributed by atoms with Crippen LogP contribution in [-0.4, -0.2) is 5.78 Å². The third-order valence-electron chi connectivity index (χ3n) is 1.52. The minimum atomic E-state index is 0.126. The van der Waals surface area contributed by atoms with Crippen LogP contribution < -0.4 is 0 Å². The molecule has 63 valence electrons. The summed E-state index contributed by atoms with van der Waals surface area (Å²) in [6.45, 7) is 5.67. The van der Waals surface area contributed by atoms with Gasteiger partial charge in [-0.1, -0.05) is 25.8 Å². The Kier molecular flexibility index (Phi) is 7.11. The summed E-state index contributed by atoms with van der Waals surface area (Å²) in [7, 11) is 0. The number of hydrogen-bond acceptors (Lipinski definition) is 1. The van der Waals surface area contributed by atoms with E-state index in [4.69, 9.17) is 0 Å². The molecule has 0 rings (SSSR count). The molecule has 0 unspecified atom stereocenters. The van der Waals surface area contributed by atoms with E-state index in [1.165, 1.54) is 19.3 Å². The molecule has 0 amide bonds. The summed E-state index contributed by atoms with van der Waals surface area (Å²) >= 11 is 0. The van der Waals surface area contributed by atoms with Crippen LogP contribution in [0.2, 0.25) is 0 Å². The van der Waals surface area contributed by atoms with Crippen molar-refractivity contribution in [1.29, 1.82) is 0 Å². The molecule has 0 aliphatic rings. The van der Waals surface area contributed by atoms with Crippen molar-refractivity contribution < 1.29 is 4.79 Å². The molecule has 0 spiro atoms. The largest absolute Gasteiger partial charge is 0.295 e. The van der Waals surface area contributed by atoms with Crippen LogP contribution in [0, 0.1) is 6.92 Å². The van der Waals surface area contributed by atoms with Crippen molar-refractivity contribution in [3.05, 3.63) is 19.1 Å². The highest BCUT2D eigenvalue weighted by molar-refractivity contribution is 5.89. The normalized spacial score (nSPS) is 10.7. The maximum absolute atomic E-state index is 10.7. The van der Waals surface area contributed by atoms with E-state index in [2.05, 4.69) is 13.8 Å². The SMILES string of the molecule is [CH2]CC(=O)/C=C/CCCCC. The van der Waals surface area contributed by atoms with Gasteiger partial charge in [-0.05, 0) is 25.8 Å². The van der Waals surface area contributed by atoms with Gasteiger partial charge in [0.1, 0.15) is 0 Å². The summed E-state index contributed by atoms with van der Waals surface area (Å²) in [5, 5.41) is 0. The van der Waals surface area contributed by atoms with Gasteiger partial charge < -0.3 is 0 Å². The Bertz CT molecular complexity index is 125. The first kappa shape index (κ1) is 10.4. The molecule has 1 heteroatoms. The van der Waals surface area contributed by atoms with E-state index in [1.807, 2.05) is 6.08 Å². The molecule has 0 saturated heterocycles. The Morgan fingerprint density at radius 3 is 2.73 bits per heavy atom. The molecule has 0 aromatic heterocycles. The highest BCUT2D eigenvalue weighted by atomic mass is 16.1. The smallest absolute Gasteiger partial charge is 0.155 e. The zero-order valence-electron chi connectivity index (χ0n) is 7.31. The second-order valence-electron chi connectivity index (χ2n) is 2.61. The average molecular weight is 153 g/mol. The lowest BCUT2D eigenvalue weighted by Crippen LogP contribution is -1.86. The van der Waals surface area contributed by atoms with Crippen molar-refractivity contribution in [3.8, 4) is 0 Å². The molecule has 1 radical (unpaired) electrons. The van der Waals surface area contributed by atoms with E-state index in [1.54, 1.807) is 6.08 Å². The van der Waals surface area contributed by atoms with Gasteiger partial charge in [0.2, 0.25) is 0 Å². The lowest BCUT2D eigenvalue weighted by molar-refractivity contribution is -0.113. The van der Waals surface area contributed by atoms with E-state index in [9.17, 15) is 4.79 Å². The lowest BCUT2D eigenvalue weighted by atomic mass is 10.2. The fraction of sp³-hybridized carbons (Fsp3) is 0.600. The van der Waals surface area contributed by atoms with Crippen LogP contribution in [0.15, 0.2) is 12.2 Å². The average Bonchev–Trinajstić information content (AvgIpc) is 2.04. The van der Waals surface area contributed by atoms with Crippen molar-refractivity contribution in [2.45, 2.75) is 39.0 Å². The summed E-state index contributed by atoms with van der Waals surface area (Å²) in [6, 6.07) is 0. The second kappa shape index (κ2) is 7.52. The quantitative estimate of drug-likeness (QED) is 0.423. The fourth-order valence-electron chi connectivity index (χ4n) is 0.810. The Hall–Kier alpha value is -0.590. The van der Waals surface area contributed by atoms with Crippen molar-refractivity contribution >= 4 is 5.78 Å². The molecule has 0 aliphatic carbocycles. The van der Waals surface area contributed by atoms with E-state index in [0.29, 0.717) is 6.42 Å². The highest BCUT2D eigenvalue weighted by Gasteiger charge is 1.88. The maximum atomic E-state index is 10.7. The molecule has 0 heterocycles. The number of hydrogen-bond donors (Lipinski definition) is 0. The van der Waals surface area contributed by atoms with Gasteiger partial charge in [0, 0.05) is 6.42 Å². The monoisotopic (exact) mass is 153 g/mol. The van der Waals surface area contributed by atoms with Gasteiger partial charge in [-0.2, -0.15) is 0 Å². The Morgan fingerprint density at radius 2 is 2.18 bits per heavy atom. The summed E-state index contributed by atoms with van der Waals surface area (Å²) < 4.78 is 0. The molecule has 0 aliphatic heterocycles. The van der Waals surface area contributed by atoms with Gasteiger partial charge >= 0.3 is 0 Å². The van der Waals surface area contributed by atoms with Gasteiger partial charge in [0.05, 0.1) is 0 Å². The molecule has 0 aromatic carbocycles. The van der Waals surface area contributed by atoms with Crippen LogP contribution in [0.4, 0.5) is 0 Å². The van der Waals surface area contributed by atoms with E-state index >= 15 is 0 Å². The molecule has 0 bridgehead atoms. The first-order valence-electron chi connectivity index (χ1n) is 4.30. The summed E-state index contributed by atoms with van der Waals surface area (Å²) in [4.78, 5) is 10.7. The third-order valence-corrected chi connectivity index (χ3v) is 1.52. The lowest BCUT2D eigenvalue weighted by Gasteiger charge is -1.90. The summed E-state index contributed by atoms with van der Waals surface area (Å²) in [5.41, 5.74) is 0. The van der Waals surface area contributed by atoms with E-state index in [0.717, 1.165) is 6.42 Å². The summed E-state index contributed by atoms with van der Waals surface area (Å²) in [5.74, 6) is 0.126. The molecule has 0 N–H and O–H groups in total. The molecule has 0 aromatic rings. The van der Waals surface area contributed by atoms with Crippen LogP contribution in [0.1, 0.15) is 39.0 Å². The highest BCUT2D eigenvalue weighted by Crippen LogP contribution is 1.99. The van der Waals surface area contributed by atoms with E-state index in [-0.39, 0.29) is 5.78 Å². The fourth-order valence-corrected chi connectivity index (χ4v) is 0.810. The minimum absolute atomic E-state index is 0.126. The standard InChI is InChI=1S/C10H17O/c1-3-5-6-7-8-9-10(11)4-2/h8-9H,2-7H2,1H3/b9-8+. The van der Waals surface area contributed by atoms with E-state index < -0.39 is 0 Å². The molecule has 11 heavy (non-hydrogen) atoms. The van der Waals surface area contributed by atoms with Crippen LogP contribution in [0.25, 0.3) is 0 Å². The molecular formula is C10H17O. The Balaban J connectivity index is 3.22. The number of rotatable bonds is 6. The van der Waals surface area contributed by atoms with Gasteiger partial charge in [0.25, 0.3) is 0 Å². The molecule has 1 nitrogen and oxygen atoms in total. The first-order chi connectivity index (χ1) is 5.31. The zero-order valence-corrected chi connectivity index (χ0v) is 7.31. The Morgan fingerprint density at radius 1 is 1.45 bits per heavy atom. The number of allylic oxidation sites excluding steroid dienone is 2. The summed E-state index contributed by atoms with van der Waals surface area (Å²) in [6.07, 6.45) is 8.67. The molecular weight excluding hydrogens is 136 g/mol. The van der Waals surface area contributed by atoms with Crippen molar-refractivity contribution in [1.82, 2.24) is 0 Å².